The van der Waals surface area contributed by atoms with Crippen molar-refractivity contribution in [3.8, 4) is 0 Å². The van der Waals surface area contributed by atoms with E-state index in [1.165, 1.54) is 24.3 Å². The molecule has 7 nitrogen and oxygen atoms in total. The minimum absolute atomic E-state index is 0.0263. The van der Waals surface area contributed by atoms with Crippen LogP contribution in [0.2, 0.25) is 0 Å². The van der Waals surface area contributed by atoms with Crippen molar-refractivity contribution in [1.29, 1.82) is 0 Å². The number of non-ortho nitro benzene ring substituents is 1. The van der Waals surface area contributed by atoms with Crippen LogP contribution >= 0.6 is 0 Å². The summed E-state index contributed by atoms with van der Waals surface area (Å²) in [4.78, 5) is 10.1. The normalized spacial score (nSPS) is 13.9. The van der Waals surface area contributed by atoms with E-state index in [1.54, 1.807) is 0 Å². The molecule has 0 aliphatic carbocycles. The number of nitro groups is 1. The molecular formula is C13H21N3O4. The summed E-state index contributed by atoms with van der Waals surface area (Å²) in [5.74, 6) is 0. The van der Waals surface area contributed by atoms with Crippen LogP contribution in [0.15, 0.2) is 24.3 Å². The molecule has 1 aromatic rings. The molecule has 112 valence electrons. The summed E-state index contributed by atoms with van der Waals surface area (Å²) >= 11 is 0. The Morgan fingerprint density at radius 2 is 1.95 bits per heavy atom. The molecule has 0 fully saturated rings. The lowest BCUT2D eigenvalue weighted by Gasteiger charge is -2.22. The van der Waals surface area contributed by atoms with Crippen LogP contribution in [0.4, 0.5) is 5.69 Å². The van der Waals surface area contributed by atoms with E-state index in [0.717, 1.165) is 13.1 Å². The number of hydrogen-bond donors (Lipinski definition) is 4. The first-order valence-corrected chi connectivity index (χ1v) is 6.57. The predicted octanol–water partition coefficient (Wildman–Crippen LogP) is 0.188. The fourth-order valence-electron chi connectivity index (χ4n) is 1.82. The molecule has 1 aromatic carbocycles. The molecule has 4 N–H and O–H groups in total. The maximum atomic E-state index is 10.6. The Morgan fingerprint density at radius 1 is 1.30 bits per heavy atom. The van der Waals surface area contributed by atoms with Gasteiger partial charge in [-0.3, -0.25) is 10.1 Å². The second-order valence-corrected chi connectivity index (χ2v) is 4.39. The van der Waals surface area contributed by atoms with Crippen molar-refractivity contribution in [2.24, 2.45) is 0 Å². The molecule has 0 heterocycles. The third kappa shape index (κ3) is 4.86. The van der Waals surface area contributed by atoms with Crippen molar-refractivity contribution in [1.82, 2.24) is 10.6 Å². The molecule has 2 atom stereocenters. The van der Waals surface area contributed by atoms with E-state index in [-0.39, 0.29) is 12.3 Å². The Bertz CT molecular complexity index is 411. The van der Waals surface area contributed by atoms with E-state index in [1.807, 2.05) is 6.92 Å². The topological polar surface area (TPSA) is 108 Å². The monoisotopic (exact) mass is 283 g/mol. The second kappa shape index (κ2) is 8.60. The molecule has 7 heteroatoms. The van der Waals surface area contributed by atoms with Crippen LogP contribution in [0.25, 0.3) is 0 Å². The van der Waals surface area contributed by atoms with E-state index in [2.05, 4.69) is 10.6 Å². The summed E-state index contributed by atoms with van der Waals surface area (Å²) in [6.45, 7) is 3.99. The molecule has 0 aromatic heterocycles. The molecule has 0 amide bonds. The number of benzene rings is 1. The van der Waals surface area contributed by atoms with Crippen molar-refractivity contribution in [2.75, 3.05) is 26.2 Å². The molecule has 0 saturated heterocycles. The number of aliphatic hydroxyl groups excluding tert-OH is 2. The molecule has 0 saturated carbocycles. The number of nitrogens with zero attached hydrogens (tertiary/aromatic N) is 1. The third-order valence-corrected chi connectivity index (χ3v) is 2.98. The summed E-state index contributed by atoms with van der Waals surface area (Å²) in [6, 6.07) is 5.17. The highest BCUT2D eigenvalue weighted by molar-refractivity contribution is 5.34. The summed E-state index contributed by atoms with van der Waals surface area (Å²) < 4.78 is 0. The number of aliphatic hydroxyl groups is 2. The van der Waals surface area contributed by atoms with Gasteiger partial charge in [-0.1, -0.05) is 6.92 Å². The fraction of sp³-hybridized carbons (Fsp3) is 0.538. The molecule has 0 aliphatic heterocycles. The van der Waals surface area contributed by atoms with Gasteiger partial charge in [0.25, 0.3) is 5.69 Å². The average Bonchev–Trinajstić information content (AvgIpc) is 2.47. The minimum Gasteiger partial charge on any atom is -0.395 e. The number of nitro benzene ring substituents is 1. The van der Waals surface area contributed by atoms with Gasteiger partial charge in [-0.05, 0) is 24.2 Å². The highest BCUT2D eigenvalue weighted by Crippen LogP contribution is 2.20. The Hall–Kier alpha value is -1.54. The lowest BCUT2D eigenvalue weighted by Crippen LogP contribution is -2.41. The van der Waals surface area contributed by atoms with Gasteiger partial charge in [0, 0.05) is 25.2 Å². The Labute approximate surface area is 117 Å². The first kappa shape index (κ1) is 16.5. The summed E-state index contributed by atoms with van der Waals surface area (Å²) in [5, 5.41) is 36.2. The van der Waals surface area contributed by atoms with Gasteiger partial charge in [-0.25, -0.2) is 0 Å². The summed E-state index contributed by atoms with van der Waals surface area (Å²) in [6.07, 6.45) is -0.914. The van der Waals surface area contributed by atoms with Gasteiger partial charge in [-0.2, -0.15) is 0 Å². The molecule has 0 unspecified atom stereocenters. The van der Waals surface area contributed by atoms with Crippen molar-refractivity contribution in [3.05, 3.63) is 39.9 Å². The number of rotatable bonds is 9. The lowest BCUT2D eigenvalue weighted by atomic mass is 10.0. The Kier molecular flexibility index (Phi) is 7.10. The predicted molar refractivity (Wildman–Crippen MR) is 75.5 cm³/mol. The van der Waals surface area contributed by atoms with E-state index in [0.29, 0.717) is 12.1 Å². The van der Waals surface area contributed by atoms with Crippen LogP contribution in [0, 0.1) is 10.1 Å². The molecule has 0 spiro atoms. The van der Waals surface area contributed by atoms with Gasteiger partial charge >= 0.3 is 0 Å². The maximum Gasteiger partial charge on any atom is 0.269 e. The molecule has 1 rings (SSSR count). The summed E-state index contributed by atoms with van der Waals surface area (Å²) in [7, 11) is 0. The smallest absolute Gasteiger partial charge is 0.269 e. The van der Waals surface area contributed by atoms with Gasteiger partial charge in [0.05, 0.1) is 23.7 Å². The van der Waals surface area contributed by atoms with E-state index >= 15 is 0 Å². The van der Waals surface area contributed by atoms with Crippen LogP contribution in [0.3, 0.4) is 0 Å². The van der Waals surface area contributed by atoms with Gasteiger partial charge < -0.3 is 20.8 Å². The van der Waals surface area contributed by atoms with E-state index < -0.39 is 17.1 Å². The fourth-order valence-corrected chi connectivity index (χ4v) is 1.82. The first-order valence-electron chi connectivity index (χ1n) is 6.57. The van der Waals surface area contributed by atoms with Crippen molar-refractivity contribution in [3.63, 3.8) is 0 Å². The van der Waals surface area contributed by atoms with Crippen LogP contribution in [-0.2, 0) is 0 Å². The van der Waals surface area contributed by atoms with Gasteiger partial charge in [0.1, 0.15) is 0 Å². The SMILES string of the molecule is CCNCCN[C@H](CO)[C@H](O)c1ccc([N+](=O)[O-])cc1. The number of nitrogens with one attached hydrogen (secondary N) is 2. The largest absolute Gasteiger partial charge is 0.395 e. The van der Waals surface area contributed by atoms with Crippen LogP contribution in [-0.4, -0.2) is 47.4 Å². The van der Waals surface area contributed by atoms with Gasteiger partial charge in [-0.15, -0.1) is 0 Å². The lowest BCUT2D eigenvalue weighted by molar-refractivity contribution is -0.384. The zero-order valence-electron chi connectivity index (χ0n) is 11.5. The Morgan fingerprint density at radius 3 is 2.45 bits per heavy atom. The first-order chi connectivity index (χ1) is 9.60. The quantitative estimate of drug-likeness (QED) is 0.293. The summed E-state index contributed by atoms with van der Waals surface area (Å²) in [5.41, 5.74) is 0.507. The van der Waals surface area contributed by atoms with E-state index in [4.69, 9.17) is 0 Å². The zero-order valence-corrected chi connectivity index (χ0v) is 11.5. The Balaban J connectivity index is 2.60. The average molecular weight is 283 g/mol. The van der Waals surface area contributed by atoms with Gasteiger partial charge in [0.2, 0.25) is 0 Å². The molecular weight excluding hydrogens is 262 g/mol. The number of likely N-dealkylation sites (N-methyl/N-ethyl adjacent to an activating group) is 1. The van der Waals surface area contributed by atoms with Crippen LogP contribution in [0.5, 0.6) is 0 Å². The molecule has 0 bridgehead atoms. The van der Waals surface area contributed by atoms with Gasteiger partial charge in [0.15, 0.2) is 0 Å². The minimum atomic E-state index is -0.914. The highest BCUT2D eigenvalue weighted by atomic mass is 16.6. The third-order valence-electron chi connectivity index (χ3n) is 2.98. The molecule has 0 radical (unpaired) electrons. The highest BCUT2D eigenvalue weighted by Gasteiger charge is 2.20. The van der Waals surface area contributed by atoms with Crippen molar-refractivity contribution in [2.45, 2.75) is 19.1 Å². The molecule has 20 heavy (non-hydrogen) atoms. The second-order valence-electron chi connectivity index (χ2n) is 4.39. The van der Waals surface area contributed by atoms with Crippen LogP contribution < -0.4 is 10.6 Å². The van der Waals surface area contributed by atoms with Crippen molar-refractivity contribution < 1.29 is 15.1 Å². The number of hydrogen-bond acceptors (Lipinski definition) is 6. The standard InChI is InChI=1S/C13H21N3O4/c1-2-14-7-8-15-12(9-17)13(18)10-3-5-11(6-4-10)16(19)20/h3-6,12-15,17-18H,2,7-9H2,1H3/t12-,13-/m1/s1. The van der Waals surface area contributed by atoms with E-state index in [9.17, 15) is 20.3 Å². The molecule has 0 aliphatic rings. The maximum absolute atomic E-state index is 10.6. The van der Waals surface area contributed by atoms with Crippen LogP contribution in [0.1, 0.15) is 18.6 Å². The zero-order chi connectivity index (χ0) is 15.0. The van der Waals surface area contributed by atoms with Crippen molar-refractivity contribution >= 4 is 5.69 Å².